The van der Waals surface area contributed by atoms with Gasteiger partial charge in [0.05, 0.1) is 11.9 Å². The lowest BCUT2D eigenvalue weighted by Gasteiger charge is -2.27. The number of anilines is 1. The van der Waals surface area contributed by atoms with Crippen LogP contribution in [0.4, 0.5) is 5.69 Å². The smallest absolute Gasteiger partial charge is 0.287 e. The number of hydrogen-bond acceptors (Lipinski definition) is 4. The highest BCUT2D eigenvalue weighted by Gasteiger charge is 2.30. The molecule has 0 bridgehead atoms. The summed E-state index contributed by atoms with van der Waals surface area (Å²) in [5.74, 6) is 0.117. The molecule has 1 saturated carbocycles. The van der Waals surface area contributed by atoms with Crippen LogP contribution in [0.3, 0.4) is 0 Å². The van der Waals surface area contributed by atoms with Gasteiger partial charge in [-0.3, -0.25) is 4.79 Å². The highest BCUT2D eigenvalue weighted by molar-refractivity contribution is 5.93. The highest BCUT2D eigenvalue weighted by atomic mass is 16.3. The van der Waals surface area contributed by atoms with E-state index in [0.29, 0.717) is 18.3 Å². The lowest BCUT2D eigenvalue weighted by atomic mass is 9.94. The Kier molecular flexibility index (Phi) is 5.44. The summed E-state index contributed by atoms with van der Waals surface area (Å²) < 4.78 is 5.54. The van der Waals surface area contributed by atoms with Gasteiger partial charge >= 0.3 is 0 Å². The first-order chi connectivity index (χ1) is 13.6. The van der Waals surface area contributed by atoms with E-state index in [-0.39, 0.29) is 12.5 Å². The molecule has 1 aliphatic heterocycles. The Labute approximate surface area is 166 Å². The van der Waals surface area contributed by atoms with Crippen LogP contribution >= 0.6 is 0 Å². The molecule has 1 aromatic heterocycles. The molecule has 0 unspecified atom stereocenters. The second-order valence-electron chi connectivity index (χ2n) is 8.41. The Morgan fingerprint density at radius 2 is 1.96 bits per heavy atom. The number of para-hydroxylation sites is 1. The van der Waals surface area contributed by atoms with Gasteiger partial charge in [0.15, 0.2) is 5.76 Å². The number of fused-ring (bicyclic) bond motifs is 1. The van der Waals surface area contributed by atoms with Crippen molar-refractivity contribution in [2.45, 2.75) is 70.1 Å². The van der Waals surface area contributed by atoms with E-state index in [4.69, 9.17) is 4.42 Å². The predicted octanol–water partition coefficient (Wildman–Crippen LogP) is 4.05. The first-order valence-corrected chi connectivity index (χ1v) is 10.5. The van der Waals surface area contributed by atoms with E-state index in [2.05, 4.69) is 41.4 Å². The third-order valence-corrected chi connectivity index (χ3v) is 6.25. The summed E-state index contributed by atoms with van der Waals surface area (Å²) in [6.07, 6.45) is 8.46. The average Bonchev–Trinajstić information content (AvgIpc) is 3.20. The largest absolute Gasteiger partial charge is 0.459 e. The average molecular weight is 383 g/mol. The van der Waals surface area contributed by atoms with Crippen molar-refractivity contribution >= 4 is 11.6 Å². The van der Waals surface area contributed by atoms with Crippen molar-refractivity contribution in [1.82, 2.24) is 5.32 Å². The molecule has 2 aliphatic rings. The van der Waals surface area contributed by atoms with Gasteiger partial charge in [0.25, 0.3) is 5.91 Å². The van der Waals surface area contributed by atoms with Crippen LogP contribution in [0.15, 0.2) is 41.0 Å². The maximum absolute atomic E-state index is 12.8. The Hall–Kier alpha value is -2.27. The Balaban J connectivity index is 1.43. The standard InChI is InChI=1S/C23H30N2O3/c1-17-14-18-8-4-5-9-20(18)25(17)15-19-10-13-28-21(19)22(26)24-16-23(27)11-6-2-3-7-12-23/h4-5,8-10,13,17,27H,2-3,6-7,11-12,14-16H2,1H3,(H,24,26)/t17-/m0/s1. The molecule has 2 aromatic rings. The molecule has 150 valence electrons. The van der Waals surface area contributed by atoms with Crippen LogP contribution in [0.25, 0.3) is 0 Å². The molecule has 2 N–H and O–H groups in total. The second kappa shape index (κ2) is 8.00. The number of nitrogens with zero attached hydrogens (tertiary/aromatic N) is 1. The van der Waals surface area contributed by atoms with E-state index in [9.17, 15) is 9.90 Å². The summed E-state index contributed by atoms with van der Waals surface area (Å²) in [5.41, 5.74) is 2.67. The normalized spacial score (nSPS) is 21.2. The molecule has 2 heterocycles. The summed E-state index contributed by atoms with van der Waals surface area (Å²) >= 11 is 0. The van der Waals surface area contributed by atoms with Crippen molar-refractivity contribution in [3.05, 3.63) is 53.5 Å². The van der Waals surface area contributed by atoms with E-state index in [1.54, 1.807) is 6.26 Å². The first-order valence-electron chi connectivity index (χ1n) is 10.5. The van der Waals surface area contributed by atoms with Gasteiger partial charge in [-0.1, -0.05) is 43.9 Å². The lowest BCUT2D eigenvalue weighted by molar-refractivity contribution is 0.0243. The van der Waals surface area contributed by atoms with Gasteiger partial charge in [-0.25, -0.2) is 0 Å². The molecule has 5 nitrogen and oxygen atoms in total. The maximum Gasteiger partial charge on any atom is 0.287 e. The Bertz CT molecular complexity index is 821. The minimum absolute atomic E-state index is 0.238. The van der Waals surface area contributed by atoms with Crippen molar-refractivity contribution in [1.29, 1.82) is 0 Å². The van der Waals surface area contributed by atoms with Gasteiger partial charge in [-0.2, -0.15) is 0 Å². The maximum atomic E-state index is 12.8. The van der Waals surface area contributed by atoms with Crippen LogP contribution in [-0.4, -0.2) is 29.2 Å². The number of nitrogens with one attached hydrogen (secondary N) is 1. The van der Waals surface area contributed by atoms with Crippen molar-refractivity contribution in [3.8, 4) is 0 Å². The molecule has 4 rings (SSSR count). The zero-order valence-electron chi connectivity index (χ0n) is 16.6. The van der Waals surface area contributed by atoms with Crippen molar-refractivity contribution in [3.63, 3.8) is 0 Å². The number of carbonyl (C=O) groups excluding carboxylic acids is 1. The fraction of sp³-hybridized carbons (Fsp3) is 0.522. The topological polar surface area (TPSA) is 65.7 Å². The van der Waals surface area contributed by atoms with Crippen LogP contribution in [0.1, 0.15) is 67.1 Å². The molecule has 1 fully saturated rings. The van der Waals surface area contributed by atoms with Gasteiger partial charge in [0.1, 0.15) is 0 Å². The van der Waals surface area contributed by atoms with Gasteiger partial charge in [-0.05, 0) is 43.9 Å². The monoisotopic (exact) mass is 382 g/mol. The molecule has 1 aliphatic carbocycles. The van der Waals surface area contributed by atoms with E-state index < -0.39 is 5.60 Å². The summed E-state index contributed by atoms with van der Waals surface area (Å²) in [5, 5.41) is 13.7. The van der Waals surface area contributed by atoms with Gasteiger partial charge in [0, 0.05) is 30.4 Å². The van der Waals surface area contributed by atoms with Crippen molar-refractivity contribution in [2.75, 3.05) is 11.4 Å². The number of amides is 1. The molecule has 5 heteroatoms. The molecule has 0 radical (unpaired) electrons. The molecular formula is C23H30N2O3. The SMILES string of the molecule is C[C@H]1Cc2ccccc2N1Cc1ccoc1C(=O)NCC1(O)CCCCCC1. The number of carbonyl (C=O) groups is 1. The van der Waals surface area contributed by atoms with Crippen LogP contribution in [0.2, 0.25) is 0 Å². The number of rotatable bonds is 5. The highest BCUT2D eigenvalue weighted by Crippen LogP contribution is 2.33. The lowest BCUT2D eigenvalue weighted by Crippen LogP contribution is -2.42. The summed E-state index contributed by atoms with van der Waals surface area (Å²) in [7, 11) is 0. The number of hydrogen-bond donors (Lipinski definition) is 2. The minimum Gasteiger partial charge on any atom is -0.459 e. The minimum atomic E-state index is -0.790. The number of furan rings is 1. The van der Waals surface area contributed by atoms with E-state index in [1.807, 2.05) is 6.07 Å². The molecule has 1 atom stereocenters. The van der Waals surface area contributed by atoms with Crippen molar-refractivity contribution < 1.29 is 14.3 Å². The summed E-state index contributed by atoms with van der Waals surface area (Å²) in [4.78, 5) is 15.1. The Morgan fingerprint density at radius 3 is 2.75 bits per heavy atom. The van der Waals surface area contributed by atoms with Gasteiger partial charge in [-0.15, -0.1) is 0 Å². The van der Waals surface area contributed by atoms with Crippen LogP contribution in [0, 0.1) is 0 Å². The predicted molar refractivity (Wildman–Crippen MR) is 109 cm³/mol. The van der Waals surface area contributed by atoms with E-state index in [0.717, 1.165) is 50.5 Å². The third kappa shape index (κ3) is 3.95. The summed E-state index contributed by atoms with van der Waals surface area (Å²) in [6, 6.07) is 10.7. The number of benzene rings is 1. The van der Waals surface area contributed by atoms with Crippen LogP contribution in [-0.2, 0) is 13.0 Å². The van der Waals surface area contributed by atoms with Gasteiger partial charge in [0.2, 0.25) is 0 Å². The van der Waals surface area contributed by atoms with Crippen LogP contribution in [0.5, 0.6) is 0 Å². The molecule has 1 amide bonds. The molecule has 28 heavy (non-hydrogen) atoms. The quantitative estimate of drug-likeness (QED) is 0.766. The second-order valence-corrected chi connectivity index (χ2v) is 8.41. The summed E-state index contributed by atoms with van der Waals surface area (Å²) in [6.45, 7) is 3.14. The number of aliphatic hydroxyl groups is 1. The van der Waals surface area contributed by atoms with Crippen molar-refractivity contribution in [2.24, 2.45) is 0 Å². The molecule has 0 spiro atoms. The molecule has 0 saturated heterocycles. The van der Waals surface area contributed by atoms with E-state index in [1.165, 1.54) is 11.3 Å². The van der Waals surface area contributed by atoms with Gasteiger partial charge < -0.3 is 19.7 Å². The first kappa shape index (κ1) is 19.1. The fourth-order valence-electron chi connectivity index (χ4n) is 4.60. The molecule has 1 aromatic carbocycles. The van der Waals surface area contributed by atoms with Crippen LogP contribution < -0.4 is 10.2 Å². The molecular weight excluding hydrogens is 352 g/mol. The fourth-order valence-corrected chi connectivity index (χ4v) is 4.60. The zero-order valence-corrected chi connectivity index (χ0v) is 16.6. The third-order valence-electron chi connectivity index (χ3n) is 6.25. The zero-order chi connectivity index (χ0) is 19.6. The Morgan fingerprint density at radius 1 is 1.21 bits per heavy atom. The van der Waals surface area contributed by atoms with E-state index >= 15 is 0 Å².